The van der Waals surface area contributed by atoms with E-state index in [1.54, 1.807) is 0 Å². The van der Waals surface area contributed by atoms with Gasteiger partial charge in [0.25, 0.3) is 0 Å². The lowest BCUT2D eigenvalue weighted by molar-refractivity contribution is 0.116. The first-order chi connectivity index (χ1) is 7.19. The Morgan fingerprint density at radius 1 is 1.27 bits per heavy atom. The van der Waals surface area contributed by atoms with Crippen molar-refractivity contribution < 1.29 is 4.74 Å². The second-order valence-electron chi connectivity index (χ2n) is 5.37. The molecular weight excluding hydrogens is 188 g/mol. The topological polar surface area (TPSA) is 24.5 Å². The first kappa shape index (κ1) is 11.4. The molecule has 88 valence electrons. The summed E-state index contributed by atoms with van der Waals surface area (Å²) in [7, 11) is 1.81. The summed E-state index contributed by atoms with van der Waals surface area (Å²) in [6.45, 7) is 9.51. The van der Waals surface area contributed by atoms with Crippen LogP contribution < -0.4 is 5.32 Å². The Morgan fingerprint density at radius 2 is 1.93 bits per heavy atom. The minimum absolute atomic E-state index is 0.437. The Bertz CT molecular complexity index is 200. The molecule has 4 unspecified atom stereocenters. The molecule has 0 aromatic heterocycles. The molecule has 0 aromatic carbocycles. The second-order valence-corrected chi connectivity index (χ2v) is 5.37. The average Bonchev–Trinajstić information content (AvgIpc) is 2.76. The summed E-state index contributed by atoms with van der Waals surface area (Å²) in [6.07, 6.45) is 1.61. The van der Waals surface area contributed by atoms with Crippen LogP contribution >= 0.6 is 0 Å². The van der Waals surface area contributed by atoms with Crippen LogP contribution in [0.1, 0.15) is 20.3 Å². The highest BCUT2D eigenvalue weighted by atomic mass is 16.5. The fourth-order valence-electron chi connectivity index (χ4n) is 2.81. The lowest BCUT2D eigenvalue weighted by Gasteiger charge is -2.20. The van der Waals surface area contributed by atoms with Crippen LogP contribution in [0, 0.1) is 11.8 Å². The Hall–Kier alpha value is -0.120. The van der Waals surface area contributed by atoms with Crippen molar-refractivity contribution in [1.29, 1.82) is 0 Å². The van der Waals surface area contributed by atoms with Crippen LogP contribution in [0.5, 0.6) is 0 Å². The number of methoxy groups -OCH3 is 1. The molecule has 2 heterocycles. The fraction of sp³-hybridized carbons (Fsp3) is 1.00. The van der Waals surface area contributed by atoms with E-state index >= 15 is 0 Å². The molecule has 0 bridgehead atoms. The first-order valence-corrected chi connectivity index (χ1v) is 6.17. The fourth-order valence-corrected chi connectivity index (χ4v) is 2.81. The lowest BCUT2D eigenvalue weighted by Crippen LogP contribution is -2.36. The normalized spacial score (nSPS) is 42.6. The van der Waals surface area contributed by atoms with Crippen LogP contribution in [0.25, 0.3) is 0 Å². The highest BCUT2D eigenvalue weighted by molar-refractivity contribution is 4.87. The number of nitrogens with zero attached hydrogens (tertiary/aromatic N) is 1. The molecular formula is C12H24N2O. The molecule has 0 radical (unpaired) electrons. The summed E-state index contributed by atoms with van der Waals surface area (Å²) in [5, 5.41) is 3.55. The predicted molar refractivity (Wildman–Crippen MR) is 62.0 cm³/mol. The quantitative estimate of drug-likeness (QED) is 0.754. The zero-order valence-electron chi connectivity index (χ0n) is 10.2. The number of nitrogens with one attached hydrogen (secondary N) is 1. The zero-order chi connectivity index (χ0) is 10.8. The van der Waals surface area contributed by atoms with Crippen molar-refractivity contribution in [2.75, 3.05) is 33.3 Å². The van der Waals surface area contributed by atoms with E-state index in [4.69, 9.17) is 4.74 Å². The van der Waals surface area contributed by atoms with Crippen LogP contribution in [0.4, 0.5) is 0 Å². The Labute approximate surface area is 93.2 Å². The van der Waals surface area contributed by atoms with E-state index in [-0.39, 0.29) is 0 Å². The van der Waals surface area contributed by atoms with Gasteiger partial charge in [-0.2, -0.15) is 0 Å². The molecule has 2 aliphatic rings. The first-order valence-electron chi connectivity index (χ1n) is 6.17. The third kappa shape index (κ3) is 2.71. The van der Waals surface area contributed by atoms with Gasteiger partial charge in [0.15, 0.2) is 0 Å². The maximum Gasteiger partial charge on any atom is 0.0711 e. The molecule has 0 aliphatic carbocycles. The molecule has 2 saturated heterocycles. The Balaban J connectivity index is 1.74. The molecule has 3 nitrogen and oxygen atoms in total. The molecule has 3 heteroatoms. The summed E-state index contributed by atoms with van der Waals surface area (Å²) in [6, 6.07) is 0.646. The maximum absolute atomic E-state index is 5.37. The van der Waals surface area contributed by atoms with Gasteiger partial charge in [-0.25, -0.2) is 0 Å². The predicted octanol–water partition coefficient (Wildman–Crippen LogP) is 0.951. The molecule has 4 atom stereocenters. The van der Waals surface area contributed by atoms with E-state index in [1.165, 1.54) is 26.1 Å². The number of rotatable bonds is 3. The van der Waals surface area contributed by atoms with Crippen molar-refractivity contribution in [3.63, 3.8) is 0 Å². The summed E-state index contributed by atoms with van der Waals surface area (Å²) < 4.78 is 5.37. The van der Waals surface area contributed by atoms with Gasteiger partial charge in [-0.15, -0.1) is 0 Å². The van der Waals surface area contributed by atoms with E-state index in [1.807, 2.05) is 7.11 Å². The minimum atomic E-state index is 0.437. The van der Waals surface area contributed by atoms with E-state index in [0.29, 0.717) is 12.1 Å². The molecule has 2 rings (SSSR count). The van der Waals surface area contributed by atoms with Crippen LogP contribution in [-0.2, 0) is 4.74 Å². The summed E-state index contributed by atoms with van der Waals surface area (Å²) >= 11 is 0. The second kappa shape index (κ2) is 4.81. The SMILES string of the molecule is COC1CNC(CN2CC(C)C(C)C2)C1. The van der Waals surface area contributed by atoms with Gasteiger partial charge in [-0.1, -0.05) is 13.8 Å². The van der Waals surface area contributed by atoms with Crippen molar-refractivity contribution in [2.45, 2.75) is 32.4 Å². The monoisotopic (exact) mass is 212 g/mol. The summed E-state index contributed by atoms with van der Waals surface area (Å²) in [5.74, 6) is 1.73. The van der Waals surface area contributed by atoms with Crippen molar-refractivity contribution in [3.8, 4) is 0 Å². The molecule has 2 aliphatic heterocycles. The smallest absolute Gasteiger partial charge is 0.0711 e. The molecule has 0 saturated carbocycles. The minimum Gasteiger partial charge on any atom is -0.380 e. The van der Waals surface area contributed by atoms with Gasteiger partial charge in [-0.05, 0) is 18.3 Å². The van der Waals surface area contributed by atoms with Gasteiger partial charge >= 0.3 is 0 Å². The summed E-state index contributed by atoms with van der Waals surface area (Å²) in [5.41, 5.74) is 0. The van der Waals surface area contributed by atoms with Gasteiger partial charge in [0.05, 0.1) is 6.10 Å². The molecule has 0 amide bonds. The zero-order valence-corrected chi connectivity index (χ0v) is 10.2. The number of ether oxygens (including phenoxy) is 1. The molecule has 2 fully saturated rings. The Morgan fingerprint density at radius 3 is 2.47 bits per heavy atom. The largest absolute Gasteiger partial charge is 0.380 e. The van der Waals surface area contributed by atoms with Crippen LogP contribution in [0.2, 0.25) is 0 Å². The molecule has 0 spiro atoms. The standard InChI is InChI=1S/C12H24N2O/c1-9-6-14(7-10(9)2)8-11-4-12(15-3)5-13-11/h9-13H,4-8H2,1-3H3. The van der Waals surface area contributed by atoms with Gasteiger partial charge in [0, 0.05) is 39.3 Å². The van der Waals surface area contributed by atoms with Gasteiger partial charge < -0.3 is 15.0 Å². The van der Waals surface area contributed by atoms with Gasteiger partial charge in [0.2, 0.25) is 0 Å². The molecule has 0 aromatic rings. The third-order valence-corrected chi connectivity index (χ3v) is 4.06. The number of hydrogen-bond acceptors (Lipinski definition) is 3. The Kier molecular flexibility index (Phi) is 3.65. The van der Waals surface area contributed by atoms with Crippen molar-refractivity contribution in [2.24, 2.45) is 11.8 Å². The van der Waals surface area contributed by atoms with Gasteiger partial charge in [0.1, 0.15) is 0 Å². The number of hydrogen-bond donors (Lipinski definition) is 1. The average molecular weight is 212 g/mol. The van der Waals surface area contributed by atoms with Gasteiger partial charge in [-0.3, -0.25) is 0 Å². The molecule has 1 N–H and O–H groups in total. The van der Waals surface area contributed by atoms with Crippen molar-refractivity contribution >= 4 is 0 Å². The van der Waals surface area contributed by atoms with E-state index < -0.39 is 0 Å². The van der Waals surface area contributed by atoms with Crippen molar-refractivity contribution in [1.82, 2.24) is 10.2 Å². The van der Waals surface area contributed by atoms with Crippen LogP contribution in [0.15, 0.2) is 0 Å². The lowest BCUT2D eigenvalue weighted by atomic mass is 10.0. The summed E-state index contributed by atoms with van der Waals surface area (Å²) in [4.78, 5) is 2.60. The maximum atomic E-state index is 5.37. The van der Waals surface area contributed by atoms with E-state index in [0.717, 1.165) is 18.4 Å². The highest BCUT2D eigenvalue weighted by Gasteiger charge is 2.30. The van der Waals surface area contributed by atoms with E-state index in [9.17, 15) is 0 Å². The van der Waals surface area contributed by atoms with Crippen molar-refractivity contribution in [3.05, 3.63) is 0 Å². The highest BCUT2D eigenvalue weighted by Crippen LogP contribution is 2.23. The van der Waals surface area contributed by atoms with Crippen LogP contribution in [0.3, 0.4) is 0 Å². The van der Waals surface area contributed by atoms with Crippen LogP contribution in [-0.4, -0.2) is 50.3 Å². The third-order valence-electron chi connectivity index (χ3n) is 4.06. The van der Waals surface area contributed by atoms with E-state index in [2.05, 4.69) is 24.1 Å². The number of likely N-dealkylation sites (tertiary alicyclic amines) is 1. The molecule has 15 heavy (non-hydrogen) atoms.